The fourth-order valence-electron chi connectivity index (χ4n) is 3.48. The van der Waals surface area contributed by atoms with Crippen molar-refractivity contribution in [3.8, 4) is 22.6 Å². The number of aromatic nitrogens is 2. The molecule has 9 heteroatoms. The number of fused-ring (bicyclic) bond motifs is 2. The van der Waals surface area contributed by atoms with Crippen molar-refractivity contribution in [1.82, 2.24) is 9.94 Å². The van der Waals surface area contributed by atoms with Crippen LogP contribution < -0.4 is 19.6 Å². The van der Waals surface area contributed by atoms with Gasteiger partial charge in [0.2, 0.25) is 19.5 Å². The zero-order chi connectivity index (χ0) is 23.4. The summed E-state index contributed by atoms with van der Waals surface area (Å²) in [5, 5.41) is 8.19. The Morgan fingerprint density at radius 3 is 2.67 bits per heavy atom. The molecule has 4 rings (SSSR count). The maximum Gasteiger partial charge on any atom is 0.231 e. The molecular formula is C24H31N3O5Si. The van der Waals surface area contributed by atoms with Crippen molar-refractivity contribution < 1.29 is 23.8 Å². The fourth-order valence-corrected chi connectivity index (χ4v) is 4.24. The van der Waals surface area contributed by atoms with Crippen LogP contribution in [0.2, 0.25) is 25.7 Å². The van der Waals surface area contributed by atoms with E-state index in [1.165, 1.54) is 4.85 Å². The number of hydrogen-bond acceptors (Lipinski definition) is 6. The average molecular weight is 470 g/mol. The molecule has 176 valence electrons. The summed E-state index contributed by atoms with van der Waals surface area (Å²) in [6.45, 7) is 9.85. The minimum Gasteiger partial charge on any atom is -0.454 e. The predicted octanol–water partition coefficient (Wildman–Crippen LogP) is 4.91. The summed E-state index contributed by atoms with van der Waals surface area (Å²) in [6.07, 6.45) is 1.20. The van der Waals surface area contributed by atoms with Gasteiger partial charge in [-0.25, -0.2) is 0 Å². The molecule has 0 bridgehead atoms. The van der Waals surface area contributed by atoms with Gasteiger partial charge in [0.1, 0.15) is 5.52 Å². The molecule has 3 aromatic rings. The van der Waals surface area contributed by atoms with Crippen molar-refractivity contribution in [2.75, 3.05) is 25.5 Å². The van der Waals surface area contributed by atoms with Crippen molar-refractivity contribution in [2.24, 2.45) is 0 Å². The Labute approximate surface area is 194 Å². The molecule has 1 aliphatic rings. The Bertz CT molecular complexity index is 1140. The number of anilines is 1. The number of rotatable bonds is 10. The van der Waals surface area contributed by atoms with E-state index in [-0.39, 0.29) is 19.5 Å². The predicted molar refractivity (Wildman–Crippen MR) is 130 cm³/mol. The lowest BCUT2D eigenvalue weighted by molar-refractivity contribution is -0.116. The smallest absolute Gasteiger partial charge is 0.231 e. The SMILES string of the molecule is CCCC(=O)Nc1nn(OCOCC[Si](C)(C)C)c2cc(-c3ccc4c(c3)OCO4)ccc12. The lowest BCUT2D eigenvalue weighted by Crippen LogP contribution is -2.23. The summed E-state index contributed by atoms with van der Waals surface area (Å²) in [6, 6.07) is 12.8. The Morgan fingerprint density at radius 2 is 1.88 bits per heavy atom. The quantitative estimate of drug-likeness (QED) is 0.258. The highest BCUT2D eigenvalue weighted by Crippen LogP contribution is 2.37. The van der Waals surface area contributed by atoms with Gasteiger partial charge in [0.25, 0.3) is 0 Å². The maximum atomic E-state index is 12.2. The molecule has 0 aliphatic carbocycles. The van der Waals surface area contributed by atoms with Crippen LogP contribution in [-0.2, 0) is 9.53 Å². The van der Waals surface area contributed by atoms with Gasteiger partial charge >= 0.3 is 0 Å². The molecule has 0 radical (unpaired) electrons. The number of carbonyl (C=O) groups excluding carboxylic acids is 1. The van der Waals surface area contributed by atoms with E-state index in [1.54, 1.807) is 0 Å². The second-order valence-electron chi connectivity index (χ2n) is 9.29. The van der Waals surface area contributed by atoms with E-state index in [4.69, 9.17) is 19.0 Å². The third kappa shape index (κ3) is 5.66. The van der Waals surface area contributed by atoms with Crippen LogP contribution >= 0.6 is 0 Å². The molecule has 0 spiro atoms. The average Bonchev–Trinajstić information content (AvgIpc) is 3.37. The van der Waals surface area contributed by atoms with Crippen LogP contribution in [0.5, 0.6) is 11.5 Å². The van der Waals surface area contributed by atoms with E-state index in [2.05, 4.69) is 30.1 Å². The minimum absolute atomic E-state index is 0.0738. The van der Waals surface area contributed by atoms with Crippen LogP contribution in [0.3, 0.4) is 0 Å². The largest absolute Gasteiger partial charge is 0.454 e. The highest BCUT2D eigenvalue weighted by molar-refractivity contribution is 6.76. The van der Waals surface area contributed by atoms with Gasteiger partial charge in [0, 0.05) is 26.5 Å². The standard InChI is InChI=1S/C24H31N3O5Si/c1-5-6-23(28)25-24-19-9-7-17(18-8-10-21-22(14-18)31-16-30-21)13-20(19)27(26-24)32-15-29-11-12-33(2,3)4/h7-10,13-14H,5-6,11-12,15-16H2,1-4H3,(H,25,26,28). The molecule has 1 amide bonds. The first-order valence-electron chi connectivity index (χ1n) is 11.3. The Balaban J connectivity index is 1.59. The fraction of sp³-hybridized carbons (Fsp3) is 0.417. The normalized spacial score (nSPS) is 12.8. The van der Waals surface area contributed by atoms with Crippen molar-refractivity contribution in [2.45, 2.75) is 45.5 Å². The van der Waals surface area contributed by atoms with E-state index in [0.29, 0.717) is 18.8 Å². The molecule has 0 unspecified atom stereocenters. The monoisotopic (exact) mass is 469 g/mol. The minimum atomic E-state index is -1.17. The van der Waals surface area contributed by atoms with Gasteiger partial charge in [0.05, 0.1) is 0 Å². The van der Waals surface area contributed by atoms with Crippen LogP contribution in [0.1, 0.15) is 19.8 Å². The molecule has 2 heterocycles. The topological polar surface area (TPSA) is 83.8 Å². The van der Waals surface area contributed by atoms with Gasteiger partial charge in [-0.2, -0.15) is 0 Å². The molecule has 1 aliphatic heterocycles. The van der Waals surface area contributed by atoms with Crippen molar-refractivity contribution in [3.63, 3.8) is 0 Å². The van der Waals surface area contributed by atoms with Crippen LogP contribution in [-0.4, -0.2) is 44.1 Å². The molecule has 0 saturated carbocycles. The summed E-state index contributed by atoms with van der Waals surface area (Å²) in [5.41, 5.74) is 2.69. The van der Waals surface area contributed by atoms with E-state index in [9.17, 15) is 4.79 Å². The van der Waals surface area contributed by atoms with Gasteiger partial charge < -0.3 is 24.4 Å². The highest BCUT2D eigenvalue weighted by atomic mass is 28.3. The van der Waals surface area contributed by atoms with Gasteiger partial charge in [-0.05, 0) is 47.9 Å². The molecule has 33 heavy (non-hydrogen) atoms. The van der Waals surface area contributed by atoms with Crippen molar-refractivity contribution >= 4 is 30.7 Å². The van der Waals surface area contributed by atoms with E-state index in [1.807, 2.05) is 43.3 Å². The number of ether oxygens (including phenoxy) is 3. The zero-order valence-corrected chi connectivity index (χ0v) is 20.6. The number of nitrogens with zero attached hydrogens (tertiary/aromatic N) is 2. The van der Waals surface area contributed by atoms with E-state index >= 15 is 0 Å². The zero-order valence-electron chi connectivity index (χ0n) is 19.6. The van der Waals surface area contributed by atoms with Crippen LogP contribution in [0, 0.1) is 0 Å². The molecular weight excluding hydrogens is 438 g/mol. The van der Waals surface area contributed by atoms with Gasteiger partial charge in [0.15, 0.2) is 17.3 Å². The first kappa shape index (κ1) is 23.1. The van der Waals surface area contributed by atoms with Gasteiger partial charge in [-0.1, -0.05) is 43.5 Å². The summed E-state index contributed by atoms with van der Waals surface area (Å²) in [4.78, 5) is 19.5. The second kappa shape index (κ2) is 9.84. The van der Waals surface area contributed by atoms with Crippen LogP contribution in [0.25, 0.3) is 22.0 Å². The Morgan fingerprint density at radius 1 is 1.12 bits per heavy atom. The Kier molecular flexibility index (Phi) is 6.90. The molecule has 2 aromatic carbocycles. The number of amides is 1. The Hall–Kier alpha value is -3.04. The van der Waals surface area contributed by atoms with E-state index in [0.717, 1.165) is 46.0 Å². The first-order chi connectivity index (χ1) is 15.8. The molecule has 8 nitrogen and oxygen atoms in total. The molecule has 0 atom stereocenters. The number of hydrogen-bond donors (Lipinski definition) is 1. The summed E-state index contributed by atoms with van der Waals surface area (Å²) in [5.74, 6) is 1.86. The molecule has 0 fully saturated rings. The molecule has 0 saturated heterocycles. The maximum absolute atomic E-state index is 12.2. The third-order valence-corrected chi connectivity index (χ3v) is 7.05. The van der Waals surface area contributed by atoms with Crippen LogP contribution in [0.4, 0.5) is 5.82 Å². The molecule has 1 aromatic heterocycles. The number of benzene rings is 2. The van der Waals surface area contributed by atoms with Gasteiger partial charge in [-0.15, -0.1) is 5.10 Å². The van der Waals surface area contributed by atoms with Crippen LogP contribution in [0.15, 0.2) is 36.4 Å². The van der Waals surface area contributed by atoms with Gasteiger partial charge in [-0.3, -0.25) is 4.79 Å². The summed E-state index contributed by atoms with van der Waals surface area (Å²) in [7, 11) is -1.17. The lowest BCUT2D eigenvalue weighted by atomic mass is 10.0. The van der Waals surface area contributed by atoms with Crippen molar-refractivity contribution in [1.29, 1.82) is 0 Å². The highest BCUT2D eigenvalue weighted by Gasteiger charge is 2.18. The second-order valence-corrected chi connectivity index (χ2v) is 14.9. The first-order valence-corrected chi connectivity index (χ1v) is 15.0. The van der Waals surface area contributed by atoms with Crippen molar-refractivity contribution in [3.05, 3.63) is 36.4 Å². The number of nitrogens with one attached hydrogen (secondary N) is 1. The summed E-state index contributed by atoms with van der Waals surface area (Å²) < 4.78 is 16.6. The van der Waals surface area contributed by atoms with E-state index < -0.39 is 8.07 Å². The summed E-state index contributed by atoms with van der Waals surface area (Å²) >= 11 is 0. The molecule has 1 N–H and O–H groups in total. The number of carbonyl (C=O) groups is 1. The lowest BCUT2D eigenvalue weighted by Gasteiger charge is -2.15. The third-order valence-electron chi connectivity index (χ3n) is 5.35.